The van der Waals surface area contributed by atoms with Crippen molar-refractivity contribution >= 4 is 0 Å². The first-order valence-electron chi connectivity index (χ1n) is 4.82. The van der Waals surface area contributed by atoms with Gasteiger partial charge in [0.05, 0.1) is 0 Å². The molecule has 74 valence electrons. The third-order valence-corrected chi connectivity index (χ3v) is 1.96. The maximum absolute atomic E-state index is 4.87. The molecule has 0 fully saturated rings. The molecular weight excluding hydrogens is 166 g/mol. The Morgan fingerprint density at radius 1 is 1.62 bits per heavy atom. The lowest BCUT2D eigenvalue weighted by atomic mass is 10.2. The van der Waals surface area contributed by atoms with Crippen molar-refractivity contribution in [3.8, 4) is 0 Å². The SMILES string of the molecule is CCCC(C)NCCc1ncno1. The molecule has 0 amide bonds. The van der Waals surface area contributed by atoms with Crippen molar-refractivity contribution in [2.75, 3.05) is 6.54 Å². The summed E-state index contributed by atoms with van der Waals surface area (Å²) in [6, 6.07) is 0.577. The third-order valence-electron chi connectivity index (χ3n) is 1.96. The molecule has 0 spiro atoms. The number of rotatable bonds is 6. The monoisotopic (exact) mass is 183 g/mol. The van der Waals surface area contributed by atoms with Crippen LogP contribution in [0.1, 0.15) is 32.6 Å². The Balaban J connectivity index is 2.07. The van der Waals surface area contributed by atoms with E-state index in [-0.39, 0.29) is 0 Å². The molecule has 1 N–H and O–H groups in total. The predicted octanol–water partition coefficient (Wildman–Crippen LogP) is 1.39. The zero-order valence-corrected chi connectivity index (χ0v) is 8.29. The summed E-state index contributed by atoms with van der Waals surface area (Å²) in [5.41, 5.74) is 0. The zero-order valence-electron chi connectivity index (χ0n) is 8.29. The van der Waals surface area contributed by atoms with Gasteiger partial charge in [0, 0.05) is 19.0 Å². The lowest BCUT2D eigenvalue weighted by Gasteiger charge is -2.10. The summed E-state index contributed by atoms with van der Waals surface area (Å²) in [7, 11) is 0. The largest absolute Gasteiger partial charge is 0.340 e. The Labute approximate surface area is 78.7 Å². The second-order valence-electron chi connectivity index (χ2n) is 3.23. The van der Waals surface area contributed by atoms with Gasteiger partial charge in [-0.3, -0.25) is 0 Å². The number of nitrogens with one attached hydrogen (secondary N) is 1. The maximum atomic E-state index is 4.87. The van der Waals surface area contributed by atoms with Gasteiger partial charge in [0.25, 0.3) is 0 Å². The average molecular weight is 183 g/mol. The van der Waals surface area contributed by atoms with Gasteiger partial charge in [0.2, 0.25) is 5.89 Å². The van der Waals surface area contributed by atoms with Crippen LogP contribution < -0.4 is 5.32 Å². The van der Waals surface area contributed by atoms with E-state index >= 15 is 0 Å². The van der Waals surface area contributed by atoms with E-state index in [1.807, 2.05) is 0 Å². The van der Waals surface area contributed by atoms with E-state index in [0.29, 0.717) is 11.9 Å². The first-order chi connectivity index (χ1) is 6.33. The molecule has 1 heterocycles. The highest BCUT2D eigenvalue weighted by molar-refractivity contribution is 4.75. The van der Waals surface area contributed by atoms with Crippen molar-refractivity contribution in [3.05, 3.63) is 12.2 Å². The number of nitrogens with zero attached hydrogens (tertiary/aromatic N) is 2. The molecule has 0 radical (unpaired) electrons. The van der Waals surface area contributed by atoms with E-state index in [0.717, 1.165) is 13.0 Å². The topological polar surface area (TPSA) is 51.0 Å². The highest BCUT2D eigenvalue weighted by atomic mass is 16.5. The Morgan fingerprint density at radius 2 is 2.46 bits per heavy atom. The van der Waals surface area contributed by atoms with Crippen molar-refractivity contribution in [3.63, 3.8) is 0 Å². The van der Waals surface area contributed by atoms with Crippen molar-refractivity contribution in [1.29, 1.82) is 0 Å². The Kier molecular flexibility index (Phi) is 4.46. The fourth-order valence-corrected chi connectivity index (χ4v) is 1.27. The summed E-state index contributed by atoms with van der Waals surface area (Å²) in [5, 5.41) is 6.94. The smallest absolute Gasteiger partial charge is 0.227 e. The number of hydrogen-bond donors (Lipinski definition) is 1. The van der Waals surface area contributed by atoms with Crippen LogP contribution >= 0.6 is 0 Å². The molecule has 0 aromatic carbocycles. The summed E-state index contributed by atoms with van der Waals surface area (Å²) in [6.45, 7) is 5.29. The van der Waals surface area contributed by atoms with Gasteiger partial charge < -0.3 is 9.84 Å². The van der Waals surface area contributed by atoms with Gasteiger partial charge in [-0.25, -0.2) is 0 Å². The molecule has 0 aliphatic heterocycles. The fraction of sp³-hybridized carbons (Fsp3) is 0.778. The summed E-state index contributed by atoms with van der Waals surface area (Å²) in [6.07, 6.45) is 4.68. The molecule has 1 aromatic rings. The molecule has 1 aromatic heterocycles. The van der Waals surface area contributed by atoms with Crippen LogP contribution in [0.3, 0.4) is 0 Å². The third kappa shape index (κ3) is 4.03. The Morgan fingerprint density at radius 3 is 3.08 bits per heavy atom. The lowest BCUT2D eigenvalue weighted by molar-refractivity contribution is 0.371. The maximum Gasteiger partial charge on any atom is 0.227 e. The first kappa shape index (κ1) is 10.2. The molecule has 1 atom stereocenters. The molecule has 0 aliphatic carbocycles. The van der Waals surface area contributed by atoms with Crippen LogP contribution in [0.15, 0.2) is 10.9 Å². The minimum absolute atomic E-state index is 0.577. The van der Waals surface area contributed by atoms with E-state index < -0.39 is 0 Å². The van der Waals surface area contributed by atoms with Gasteiger partial charge in [-0.2, -0.15) is 4.98 Å². The minimum Gasteiger partial charge on any atom is -0.340 e. The Hall–Kier alpha value is -0.900. The van der Waals surface area contributed by atoms with Crippen molar-refractivity contribution in [1.82, 2.24) is 15.5 Å². The summed E-state index contributed by atoms with van der Waals surface area (Å²) in [5.74, 6) is 0.705. The van der Waals surface area contributed by atoms with Crippen LogP contribution in [0.5, 0.6) is 0 Å². The van der Waals surface area contributed by atoms with Gasteiger partial charge in [-0.05, 0) is 13.3 Å². The second-order valence-corrected chi connectivity index (χ2v) is 3.23. The highest BCUT2D eigenvalue weighted by Crippen LogP contribution is 1.96. The van der Waals surface area contributed by atoms with Gasteiger partial charge in [-0.1, -0.05) is 18.5 Å². The molecule has 0 bridgehead atoms. The first-order valence-corrected chi connectivity index (χ1v) is 4.82. The Bertz CT molecular complexity index is 211. The van der Waals surface area contributed by atoms with E-state index in [4.69, 9.17) is 4.52 Å². The van der Waals surface area contributed by atoms with Crippen LogP contribution in [-0.2, 0) is 6.42 Å². The predicted molar refractivity (Wildman–Crippen MR) is 50.4 cm³/mol. The van der Waals surface area contributed by atoms with Gasteiger partial charge in [0.15, 0.2) is 6.33 Å². The van der Waals surface area contributed by atoms with E-state index in [1.54, 1.807) is 0 Å². The van der Waals surface area contributed by atoms with Crippen LogP contribution in [0, 0.1) is 0 Å². The van der Waals surface area contributed by atoms with Crippen molar-refractivity contribution in [2.24, 2.45) is 0 Å². The molecule has 0 aliphatic rings. The zero-order chi connectivity index (χ0) is 9.52. The molecule has 1 unspecified atom stereocenters. The normalized spacial score (nSPS) is 13.1. The minimum atomic E-state index is 0.577. The number of hydrogen-bond acceptors (Lipinski definition) is 4. The molecule has 0 saturated heterocycles. The lowest BCUT2D eigenvalue weighted by Crippen LogP contribution is -2.27. The molecule has 13 heavy (non-hydrogen) atoms. The quantitative estimate of drug-likeness (QED) is 0.724. The summed E-state index contributed by atoms with van der Waals surface area (Å²) >= 11 is 0. The van der Waals surface area contributed by atoms with Crippen molar-refractivity contribution < 1.29 is 4.52 Å². The van der Waals surface area contributed by atoms with Crippen LogP contribution in [0.2, 0.25) is 0 Å². The molecule has 4 heteroatoms. The van der Waals surface area contributed by atoms with Crippen LogP contribution in [0.25, 0.3) is 0 Å². The summed E-state index contributed by atoms with van der Waals surface area (Å²) in [4.78, 5) is 3.94. The van der Waals surface area contributed by atoms with Crippen molar-refractivity contribution in [2.45, 2.75) is 39.2 Å². The van der Waals surface area contributed by atoms with Gasteiger partial charge in [-0.15, -0.1) is 0 Å². The average Bonchev–Trinajstić information content (AvgIpc) is 2.57. The van der Waals surface area contributed by atoms with E-state index in [9.17, 15) is 0 Å². The summed E-state index contributed by atoms with van der Waals surface area (Å²) < 4.78 is 4.87. The molecular formula is C9H17N3O. The van der Waals surface area contributed by atoms with Crippen LogP contribution in [-0.4, -0.2) is 22.7 Å². The van der Waals surface area contributed by atoms with E-state index in [2.05, 4.69) is 29.3 Å². The fourth-order valence-electron chi connectivity index (χ4n) is 1.27. The number of aromatic nitrogens is 2. The van der Waals surface area contributed by atoms with Gasteiger partial charge >= 0.3 is 0 Å². The van der Waals surface area contributed by atoms with Gasteiger partial charge in [0.1, 0.15) is 0 Å². The standard InChI is InChI=1S/C9H17N3O/c1-3-4-8(2)10-6-5-9-11-7-12-13-9/h7-8,10H,3-6H2,1-2H3. The molecule has 4 nitrogen and oxygen atoms in total. The van der Waals surface area contributed by atoms with E-state index in [1.165, 1.54) is 19.2 Å². The molecule has 0 saturated carbocycles. The highest BCUT2D eigenvalue weighted by Gasteiger charge is 2.01. The van der Waals surface area contributed by atoms with Crippen LogP contribution in [0.4, 0.5) is 0 Å². The second kappa shape index (κ2) is 5.70. The molecule has 1 rings (SSSR count).